The highest BCUT2D eigenvalue weighted by Crippen LogP contribution is 2.49. The van der Waals surface area contributed by atoms with E-state index in [0.29, 0.717) is 22.2 Å². The third-order valence-electron chi connectivity index (χ3n) is 5.36. The number of hydrogen-bond donors (Lipinski definition) is 2. The summed E-state index contributed by atoms with van der Waals surface area (Å²) < 4.78 is 7.77. The Hall–Kier alpha value is -3.15. The van der Waals surface area contributed by atoms with Crippen LogP contribution in [0.2, 0.25) is 5.02 Å². The van der Waals surface area contributed by atoms with Crippen LogP contribution >= 0.6 is 11.6 Å². The van der Waals surface area contributed by atoms with Crippen LogP contribution in [0, 0.1) is 5.41 Å². The van der Waals surface area contributed by atoms with E-state index in [1.807, 2.05) is 48.5 Å². The molecule has 0 radical (unpaired) electrons. The lowest BCUT2D eigenvalue weighted by atomic mass is 9.81. The lowest BCUT2D eigenvalue weighted by Gasteiger charge is -2.30. The number of aliphatic hydroxyl groups is 1. The van der Waals surface area contributed by atoms with Crippen molar-refractivity contribution in [3.8, 4) is 11.6 Å². The minimum absolute atomic E-state index is 0.0753. The number of halogens is 1. The van der Waals surface area contributed by atoms with Crippen LogP contribution in [0.1, 0.15) is 22.6 Å². The number of nitrogens with one attached hydrogen (secondary N) is 1. The van der Waals surface area contributed by atoms with Crippen LogP contribution in [0.3, 0.4) is 0 Å². The van der Waals surface area contributed by atoms with Crippen molar-refractivity contribution >= 4 is 22.4 Å². The SMILES string of the molecule is N=c1c2c(ncn1CCO)Oc1ccc3ccccc3c1C2c1ccccc1Cl. The Morgan fingerprint density at radius 2 is 1.83 bits per heavy atom. The molecule has 1 aliphatic heterocycles. The van der Waals surface area contributed by atoms with Gasteiger partial charge in [-0.2, -0.15) is 0 Å². The van der Waals surface area contributed by atoms with E-state index in [1.165, 1.54) is 6.33 Å². The molecule has 0 amide bonds. The summed E-state index contributed by atoms with van der Waals surface area (Å²) in [5.41, 5.74) is 2.78. The highest BCUT2D eigenvalue weighted by Gasteiger charge is 2.34. The first-order valence-corrected chi connectivity index (χ1v) is 9.75. The summed E-state index contributed by atoms with van der Waals surface area (Å²) in [7, 11) is 0. The molecule has 144 valence electrons. The van der Waals surface area contributed by atoms with E-state index in [2.05, 4.69) is 17.1 Å². The predicted molar refractivity (Wildman–Crippen MR) is 112 cm³/mol. The van der Waals surface area contributed by atoms with Crippen LogP contribution < -0.4 is 10.2 Å². The van der Waals surface area contributed by atoms with Crippen molar-refractivity contribution in [1.29, 1.82) is 5.41 Å². The van der Waals surface area contributed by atoms with Crippen molar-refractivity contribution in [2.45, 2.75) is 12.5 Å². The van der Waals surface area contributed by atoms with Gasteiger partial charge >= 0.3 is 0 Å². The Labute approximate surface area is 172 Å². The highest BCUT2D eigenvalue weighted by atomic mass is 35.5. The average molecular weight is 404 g/mol. The van der Waals surface area contributed by atoms with Crippen molar-refractivity contribution in [2.75, 3.05) is 6.61 Å². The largest absolute Gasteiger partial charge is 0.438 e. The quantitative estimate of drug-likeness (QED) is 0.467. The van der Waals surface area contributed by atoms with Gasteiger partial charge in [0.2, 0.25) is 5.88 Å². The molecule has 6 heteroatoms. The Bertz CT molecular complexity index is 1300. The number of nitrogens with zero attached hydrogens (tertiary/aromatic N) is 2. The monoisotopic (exact) mass is 403 g/mol. The van der Waals surface area contributed by atoms with E-state index in [-0.39, 0.29) is 24.6 Å². The lowest BCUT2D eigenvalue weighted by molar-refractivity contribution is 0.271. The molecule has 1 aliphatic rings. The molecule has 5 nitrogen and oxygen atoms in total. The minimum Gasteiger partial charge on any atom is -0.438 e. The maximum absolute atomic E-state index is 9.39. The summed E-state index contributed by atoms with van der Waals surface area (Å²) in [6, 6.07) is 19.8. The molecular weight excluding hydrogens is 386 g/mol. The van der Waals surface area contributed by atoms with Gasteiger partial charge in [0.1, 0.15) is 17.6 Å². The second-order valence-electron chi connectivity index (χ2n) is 6.98. The summed E-state index contributed by atoms with van der Waals surface area (Å²) in [6.07, 6.45) is 1.53. The van der Waals surface area contributed by atoms with Gasteiger partial charge in [0.05, 0.1) is 12.2 Å². The van der Waals surface area contributed by atoms with Crippen LogP contribution in [-0.4, -0.2) is 21.3 Å². The predicted octanol–water partition coefficient (Wildman–Crippen LogP) is 4.45. The van der Waals surface area contributed by atoms with Gasteiger partial charge in [-0.1, -0.05) is 60.1 Å². The van der Waals surface area contributed by atoms with E-state index in [1.54, 1.807) is 4.57 Å². The normalized spacial score (nSPS) is 14.9. The lowest BCUT2D eigenvalue weighted by Crippen LogP contribution is -2.30. The van der Waals surface area contributed by atoms with Crippen LogP contribution in [0.5, 0.6) is 11.6 Å². The standard InChI is InChI=1S/C23H18ClN3O2/c24-17-8-4-3-7-16(17)20-19-15-6-2-1-5-14(15)9-10-18(19)29-23-21(20)22(25)27(11-12-28)13-26-23/h1-10,13,20,25,28H,11-12H2. The Balaban J connectivity index is 1.89. The van der Waals surface area contributed by atoms with Crippen molar-refractivity contribution in [1.82, 2.24) is 9.55 Å². The van der Waals surface area contributed by atoms with Gasteiger partial charge in [-0.3, -0.25) is 5.41 Å². The van der Waals surface area contributed by atoms with Crippen LogP contribution in [0.15, 0.2) is 67.0 Å². The van der Waals surface area contributed by atoms with Crippen molar-refractivity contribution < 1.29 is 9.84 Å². The van der Waals surface area contributed by atoms with E-state index >= 15 is 0 Å². The van der Waals surface area contributed by atoms with Gasteiger partial charge in [-0.15, -0.1) is 0 Å². The topological polar surface area (TPSA) is 71.1 Å². The van der Waals surface area contributed by atoms with E-state index in [0.717, 1.165) is 21.9 Å². The summed E-state index contributed by atoms with van der Waals surface area (Å²) in [5, 5.41) is 21.0. The fourth-order valence-corrected chi connectivity index (χ4v) is 4.30. The first-order chi connectivity index (χ1) is 14.2. The molecule has 1 unspecified atom stereocenters. The number of rotatable bonds is 3. The third kappa shape index (κ3) is 2.82. The first kappa shape index (κ1) is 17.9. The van der Waals surface area contributed by atoms with Gasteiger partial charge in [-0.05, 0) is 28.5 Å². The molecule has 2 heterocycles. The number of hydrogen-bond acceptors (Lipinski definition) is 4. The van der Waals surface area contributed by atoms with Crippen molar-refractivity contribution in [3.63, 3.8) is 0 Å². The molecule has 0 fully saturated rings. The molecule has 0 bridgehead atoms. The van der Waals surface area contributed by atoms with E-state index in [9.17, 15) is 5.11 Å². The smallest absolute Gasteiger partial charge is 0.228 e. The molecule has 29 heavy (non-hydrogen) atoms. The number of fused-ring (bicyclic) bond motifs is 4. The fourth-order valence-electron chi connectivity index (χ4n) is 4.06. The summed E-state index contributed by atoms with van der Waals surface area (Å²) in [5.74, 6) is 0.810. The molecule has 0 spiro atoms. The Kier molecular flexibility index (Phi) is 4.34. The second kappa shape index (κ2) is 7.03. The van der Waals surface area contributed by atoms with Gasteiger partial charge in [0.25, 0.3) is 0 Å². The van der Waals surface area contributed by atoms with Gasteiger partial charge in [0.15, 0.2) is 0 Å². The zero-order chi connectivity index (χ0) is 20.0. The Morgan fingerprint density at radius 3 is 2.66 bits per heavy atom. The molecule has 0 saturated carbocycles. The van der Waals surface area contributed by atoms with Crippen molar-refractivity contribution in [3.05, 3.63) is 94.2 Å². The maximum Gasteiger partial charge on any atom is 0.228 e. The van der Waals surface area contributed by atoms with Gasteiger partial charge in [-0.25, -0.2) is 4.98 Å². The number of aliphatic hydroxyl groups excluding tert-OH is 1. The summed E-state index contributed by atoms with van der Waals surface area (Å²) >= 11 is 6.63. The minimum atomic E-state index is -0.306. The zero-order valence-electron chi connectivity index (χ0n) is 15.5. The highest BCUT2D eigenvalue weighted by molar-refractivity contribution is 6.31. The molecule has 1 aromatic heterocycles. The maximum atomic E-state index is 9.39. The molecule has 3 aromatic carbocycles. The second-order valence-corrected chi connectivity index (χ2v) is 7.39. The molecule has 5 rings (SSSR count). The van der Waals surface area contributed by atoms with E-state index < -0.39 is 0 Å². The van der Waals surface area contributed by atoms with Crippen LogP contribution in [0.25, 0.3) is 10.8 Å². The molecule has 0 saturated heterocycles. The van der Waals surface area contributed by atoms with Crippen LogP contribution in [0.4, 0.5) is 0 Å². The summed E-state index contributed by atoms with van der Waals surface area (Å²) in [6.45, 7) is 0.213. The average Bonchev–Trinajstić information content (AvgIpc) is 2.75. The first-order valence-electron chi connectivity index (χ1n) is 9.37. The number of aromatic nitrogens is 2. The molecule has 0 aliphatic carbocycles. The van der Waals surface area contributed by atoms with E-state index in [4.69, 9.17) is 21.7 Å². The van der Waals surface area contributed by atoms with Crippen molar-refractivity contribution in [2.24, 2.45) is 0 Å². The summed E-state index contributed by atoms with van der Waals surface area (Å²) in [4.78, 5) is 4.45. The molecule has 2 N–H and O–H groups in total. The van der Waals surface area contributed by atoms with Gasteiger partial charge < -0.3 is 14.4 Å². The molecule has 4 aromatic rings. The van der Waals surface area contributed by atoms with Crippen LogP contribution in [-0.2, 0) is 6.54 Å². The fraction of sp³-hybridized carbons (Fsp3) is 0.130. The Morgan fingerprint density at radius 1 is 1.03 bits per heavy atom. The van der Waals surface area contributed by atoms with Gasteiger partial charge in [0, 0.05) is 23.0 Å². The number of ether oxygens (including phenoxy) is 1. The molecule has 1 atom stereocenters. The third-order valence-corrected chi connectivity index (χ3v) is 5.70. The number of benzene rings is 3. The molecular formula is C23H18ClN3O2. The zero-order valence-corrected chi connectivity index (χ0v) is 16.2.